The van der Waals surface area contributed by atoms with Crippen LogP contribution in [0.3, 0.4) is 0 Å². The largest absolute Gasteiger partial charge is 0.389 e. The Morgan fingerprint density at radius 3 is 2.40 bits per heavy atom. The highest BCUT2D eigenvalue weighted by Gasteiger charge is 2.03. The lowest BCUT2D eigenvalue weighted by atomic mass is 10.1. The maximum Gasteiger partial charge on any atom is 0.124 e. The Morgan fingerprint density at radius 1 is 1.10 bits per heavy atom. The van der Waals surface area contributed by atoms with Gasteiger partial charge in [-0.1, -0.05) is 36.0 Å². The number of ether oxygens (including phenoxy) is 1. The molecule has 5 heteroatoms. The molecule has 0 saturated heterocycles. The molecule has 0 heterocycles. The number of hydrogen-bond acceptors (Lipinski definition) is 2. The van der Waals surface area contributed by atoms with E-state index in [0.29, 0.717) is 22.8 Å². The van der Waals surface area contributed by atoms with E-state index >= 15 is 0 Å². The average molecular weight is 310 g/mol. The van der Waals surface area contributed by atoms with E-state index in [4.69, 9.17) is 34.3 Å². The van der Waals surface area contributed by atoms with Gasteiger partial charge in [0.05, 0.1) is 13.2 Å². The first-order chi connectivity index (χ1) is 9.54. The second-order valence-corrected chi connectivity index (χ2v) is 5.21. The van der Waals surface area contributed by atoms with E-state index in [2.05, 4.69) is 0 Å². The maximum absolute atomic E-state index is 13.4. The van der Waals surface area contributed by atoms with Crippen molar-refractivity contribution in [2.45, 2.75) is 13.2 Å². The predicted molar refractivity (Wildman–Crippen MR) is 82.2 cm³/mol. The minimum Gasteiger partial charge on any atom is -0.389 e. The van der Waals surface area contributed by atoms with E-state index < -0.39 is 0 Å². The molecule has 0 aromatic heterocycles. The summed E-state index contributed by atoms with van der Waals surface area (Å²) in [5, 5.41) is 0.681. The van der Waals surface area contributed by atoms with Gasteiger partial charge in [0, 0.05) is 10.6 Å². The zero-order valence-corrected chi connectivity index (χ0v) is 12.2. The van der Waals surface area contributed by atoms with Gasteiger partial charge in [0.1, 0.15) is 10.8 Å². The van der Waals surface area contributed by atoms with Crippen molar-refractivity contribution in [2.75, 3.05) is 0 Å². The van der Waals surface area contributed by atoms with Crippen molar-refractivity contribution >= 4 is 28.8 Å². The van der Waals surface area contributed by atoms with Gasteiger partial charge in [-0.15, -0.1) is 0 Å². The van der Waals surface area contributed by atoms with Gasteiger partial charge < -0.3 is 10.5 Å². The molecule has 104 valence electrons. The summed E-state index contributed by atoms with van der Waals surface area (Å²) in [5.74, 6) is -0.375. The molecule has 2 nitrogen and oxygen atoms in total. The zero-order chi connectivity index (χ0) is 14.5. The SMILES string of the molecule is NC(=S)c1cc(F)cc(COCc2ccc(Cl)cc2)c1. The van der Waals surface area contributed by atoms with Crippen LogP contribution < -0.4 is 5.73 Å². The lowest BCUT2D eigenvalue weighted by Crippen LogP contribution is -2.10. The number of halogens is 2. The third-order valence-electron chi connectivity index (χ3n) is 2.69. The molecular weight excluding hydrogens is 297 g/mol. The van der Waals surface area contributed by atoms with Gasteiger partial charge in [0.15, 0.2) is 0 Å². The van der Waals surface area contributed by atoms with Gasteiger partial charge >= 0.3 is 0 Å². The first-order valence-corrected chi connectivity index (χ1v) is 6.74. The molecule has 2 aromatic carbocycles. The Balaban J connectivity index is 1.97. The van der Waals surface area contributed by atoms with Crippen molar-refractivity contribution in [3.05, 3.63) is 70.0 Å². The minimum absolute atomic E-state index is 0.170. The van der Waals surface area contributed by atoms with E-state index in [-0.39, 0.29) is 17.4 Å². The van der Waals surface area contributed by atoms with Crippen LogP contribution in [0.5, 0.6) is 0 Å². The van der Waals surface area contributed by atoms with Crippen LogP contribution in [0.1, 0.15) is 16.7 Å². The maximum atomic E-state index is 13.4. The van der Waals surface area contributed by atoms with Crippen LogP contribution in [0.4, 0.5) is 4.39 Å². The lowest BCUT2D eigenvalue weighted by molar-refractivity contribution is 0.107. The van der Waals surface area contributed by atoms with Gasteiger partial charge in [-0.3, -0.25) is 0 Å². The van der Waals surface area contributed by atoms with Crippen molar-refractivity contribution in [3.8, 4) is 0 Å². The molecule has 2 aromatic rings. The fourth-order valence-electron chi connectivity index (χ4n) is 1.74. The van der Waals surface area contributed by atoms with Gasteiger partial charge in [0.25, 0.3) is 0 Å². The standard InChI is InChI=1S/C15H13ClFNOS/c16-13-3-1-10(2-4-13)8-19-9-11-5-12(15(18)20)7-14(17)6-11/h1-7H,8-9H2,(H2,18,20). The van der Waals surface area contributed by atoms with Crippen molar-refractivity contribution in [3.63, 3.8) is 0 Å². The number of hydrogen-bond donors (Lipinski definition) is 1. The van der Waals surface area contributed by atoms with E-state index in [1.165, 1.54) is 12.1 Å². The molecule has 0 saturated carbocycles. The Kier molecular flexibility index (Phi) is 5.06. The van der Waals surface area contributed by atoms with Gasteiger partial charge in [0.2, 0.25) is 0 Å². The summed E-state index contributed by atoms with van der Waals surface area (Å²) >= 11 is 10.6. The molecule has 0 fully saturated rings. The summed E-state index contributed by atoms with van der Waals surface area (Å²) in [6.07, 6.45) is 0. The van der Waals surface area contributed by atoms with Gasteiger partial charge in [-0.05, 0) is 41.5 Å². The van der Waals surface area contributed by atoms with E-state index in [9.17, 15) is 4.39 Å². The third kappa shape index (κ3) is 4.27. The molecule has 0 radical (unpaired) electrons. The molecule has 0 amide bonds. The van der Waals surface area contributed by atoms with Crippen molar-refractivity contribution in [1.82, 2.24) is 0 Å². The summed E-state index contributed by atoms with van der Waals surface area (Å²) in [4.78, 5) is 0.170. The van der Waals surface area contributed by atoms with Crippen LogP contribution in [-0.4, -0.2) is 4.99 Å². The fraction of sp³-hybridized carbons (Fsp3) is 0.133. The molecular formula is C15H13ClFNOS. The third-order valence-corrected chi connectivity index (χ3v) is 3.18. The highest BCUT2D eigenvalue weighted by atomic mass is 35.5. The first kappa shape index (κ1) is 14.9. The zero-order valence-electron chi connectivity index (χ0n) is 10.6. The monoisotopic (exact) mass is 309 g/mol. The second-order valence-electron chi connectivity index (χ2n) is 4.33. The van der Waals surface area contributed by atoms with Crippen molar-refractivity contribution in [1.29, 1.82) is 0 Å². The normalized spacial score (nSPS) is 10.5. The van der Waals surface area contributed by atoms with E-state index in [1.54, 1.807) is 18.2 Å². The molecule has 0 aliphatic rings. The van der Waals surface area contributed by atoms with Crippen LogP contribution in [0, 0.1) is 5.82 Å². The lowest BCUT2D eigenvalue weighted by Gasteiger charge is -2.07. The Hall–Kier alpha value is -1.49. The Bertz CT molecular complexity index is 616. The van der Waals surface area contributed by atoms with E-state index in [0.717, 1.165) is 5.56 Å². The minimum atomic E-state index is -0.375. The summed E-state index contributed by atoms with van der Waals surface area (Å²) in [7, 11) is 0. The fourth-order valence-corrected chi connectivity index (χ4v) is 1.99. The van der Waals surface area contributed by atoms with Crippen molar-refractivity contribution < 1.29 is 9.13 Å². The van der Waals surface area contributed by atoms with Crippen LogP contribution in [0.2, 0.25) is 5.02 Å². The number of thiocarbonyl (C=S) groups is 1. The number of benzene rings is 2. The molecule has 0 atom stereocenters. The first-order valence-electron chi connectivity index (χ1n) is 5.96. The van der Waals surface area contributed by atoms with Crippen LogP contribution in [0.25, 0.3) is 0 Å². The smallest absolute Gasteiger partial charge is 0.124 e. The number of nitrogens with two attached hydrogens (primary N) is 1. The predicted octanol–water partition coefficient (Wildman–Crippen LogP) is 3.83. The summed E-state index contributed by atoms with van der Waals surface area (Å²) in [6.45, 7) is 0.714. The molecule has 0 aliphatic carbocycles. The molecule has 0 aliphatic heterocycles. The summed E-state index contributed by atoms with van der Waals surface area (Å²) < 4.78 is 18.9. The molecule has 2 rings (SSSR count). The number of rotatable bonds is 5. The highest BCUT2D eigenvalue weighted by molar-refractivity contribution is 7.80. The molecule has 0 spiro atoms. The molecule has 0 bridgehead atoms. The molecule has 2 N–H and O–H groups in total. The quantitative estimate of drug-likeness (QED) is 0.853. The van der Waals surface area contributed by atoms with Gasteiger partial charge in [-0.2, -0.15) is 0 Å². The second kappa shape index (κ2) is 6.79. The summed E-state index contributed by atoms with van der Waals surface area (Å²) in [6, 6.07) is 11.8. The van der Waals surface area contributed by atoms with Crippen molar-refractivity contribution in [2.24, 2.45) is 5.73 Å². The van der Waals surface area contributed by atoms with E-state index in [1.807, 2.05) is 12.1 Å². The summed E-state index contributed by atoms with van der Waals surface area (Å²) in [5.41, 5.74) is 7.70. The molecule has 20 heavy (non-hydrogen) atoms. The molecule has 0 unspecified atom stereocenters. The van der Waals surface area contributed by atoms with Crippen LogP contribution in [-0.2, 0) is 18.0 Å². The average Bonchev–Trinajstić information content (AvgIpc) is 2.40. The highest BCUT2D eigenvalue weighted by Crippen LogP contribution is 2.13. The Labute approximate surface area is 127 Å². The Morgan fingerprint density at radius 2 is 1.75 bits per heavy atom. The van der Waals surface area contributed by atoms with Crippen LogP contribution in [0.15, 0.2) is 42.5 Å². The topological polar surface area (TPSA) is 35.2 Å². The van der Waals surface area contributed by atoms with Crippen LogP contribution >= 0.6 is 23.8 Å². The van der Waals surface area contributed by atoms with Gasteiger partial charge in [-0.25, -0.2) is 4.39 Å².